The number of carbonyl (C=O) groups excluding carboxylic acids is 2. The maximum Gasteiger partial charge on any atom is 0.238 e. The van der Waals surface area contributed by atoms with Crippen molar-refractivity contribution < 1.29 is 14.3 Å². The molecule has 1 aliphatic heterocycles. The second-order valence-electron chi connectivity index (χ2n) is 6.60. The zero-order valence-electron chi connectivity index (χ0n) is 15.5. The van der Waals surface area contributed by atoms with Gasteiger partial charge in [0.15, 0.2) is 0 Å². The maximum atomic E-state index is 12.5. The van der Waals surface area contributed by atoms with Crippen molar-refractivity contribution in [3.8, 4) is 5.75 Å². The highest BCUT2D eigenvalue weighted by Gasteiger charge is 2.26. The molecule has 0 radical (unpaired) electrons. The van der Waals surface area contributed by atoms with Crippen LogP contribution < -0.4 is 10.1 Å². The molecule has 0 unspecified atom stereocenters. The SMILES string of the molecule is CC[C@H]1CCCCN1C(=O)CN(C)CC(=O)Nc1cccc(OC)c1. The second kappa shape index (κ2) is 9.42. The van der Waals surface area contributed by atoms with E-state index in [2.05, 4.69) is 12.2 Å². The fourth-order valence-electron chi connectivity index (χ4n) is 3.28. The number of ether oxygens (including phenoxy) is 1. The number of nitrogens with zero attached hydrogens (tertiary/aromatic N) is 2. The number of likely N-dealkylation sites (N-methyl/N-ethyl adjacent to an activating group) is 1. The Balaban J connectivity index is 1.83. The van der Waals surface area contributed by atoms with Crippen molar-refractivity contribution in [3.05, 3.63) is 24.3 Å². The Bertz CT molecular complexity index is 591. The Labute approximate surface area is 150 Å². The maximum absolute atomic E-state index is 12.5. The number of likely N-dealkylation sites (tertiary alicyclic amines) is 1. The number of rotatable bonds is 7. The van der Waals surface area contributed by atoms with Crippen LogP contribution in [0.1, 0.15) is 32.6 Å². The summed E-state index contributed by atoms with van der Waals surface area (Å²) < 4.78 is 5.15. The summed E-state index contributed by atoms with van der Waals surface area (Å²) in [5.74, 6) is 0.662. The van der Waals surface area contributed by atoms with Crippen LogP contribution in [-0.2, 0) is 9.59 Å². The minimum absolute atomic E-state index is 0.114. The van der Waals surface area contributed by atoms with Crippen molar-refractivity contribution >= 4 is 17.5 Å². The van der Waals surface area contributed by atoms with Gasteiger partial charge in [0.25, 0.3) is 0 Å². The molecule has 1 heterocycles. The molecule has 1 aromatic carbocycles. The molecule has 0 bridgehead atoms. The zero-order valence-corrected chi connectivity index (χ0v) is 15.5. The van der Waals surface area contributed by atoms with E-state index in [-0.39, 0.29) is 24.9 Å². The Hall–Kier alpha value is -2.08. The van der Waals surface area contributed by atoms with Crippen LogP contribution in [0.5, 0.6) is 5.75 Å². The first-order chi connectivity index (χ1) is 12.0. The first kappa shape index (κ1) is 19.2. The van der Waals surface area contributed by atoms with E-state index >= 15 is 0 Å². The summed E-state index contributed by atoms with van der Waals surface area (Å²) >= 11 is 0. The summed E-state index contributed by atoms with van der Waals surface area (Å²) in [5.41, 5.74) is 0.686. The molecule has 6 heteroatoms. The summed E-state index contributed by atoms with van der Waals surface area (Å²) in [6.45, 7) is 3.40. The van der Waals surface area contributed by atoms with Gasteiger partial charge in [-0.15, -0.1) is 0 Å². The van der Waals surface area contributed by atoms with E-state index in [1.165, 1.54) is 6.42 Å². The molecular formula is C19H29N3O3. The predicted octanol–water partition coefficient (Wildman–Crippen LogP) is 2.36. The lowest BCUT2D eigenvalue weighted by molar-refractivity contribution is -0.136. The Kier molecular flexibility index (Phi) is 7.25. The molecule has 2 rings (SSSR count). The average Bonchev–Trinajstić information content (AvgIpc) is 2.61. The minimum atomic E-state index is -0.144. The first-order valence-corrected chi connectivity index (χ1v) is 8.95. The number of nitrogens with one attached hydrogen (secondary N) is 1. The van der Waals surface area contributed by atoms with Gasteiger partial charge in [-0.2, -0.15) is 0 Å². The summed E-state index contributed by atoms with van der Waals surface area (Å²) in [4.78, 5) is 28.5. The Morgan fingerprint density at radius 3 is 2.84 bits per heavy atom. The molecule has 0 aromatic heterocycles. The third-order valence-corrected chi connectivity index (χ3v) is 4.59. The summed E-state index contributed by atoms with van der Waals surface area (Å²) in [5, 5.41) is 2.83. The van der Waals surface area contributed by atoms with Crippen LogP contribution in [0.3, 0.4) is 0 Å². The van der Waals surface area contributed by atoms with E-state index in [4.69, 9.17) is 4.74 Å². The monoisotopic (exact) mass is 347 g/mol. The molecule has 25 heavy (non-hydrogen) atoms. The number of piperidine rings is 1. The molecule has 138 valence electrons. The van der Waals surface area contributed by atoms with Gasteiger partial charge in [0, 0.05) is 24.3 Å². The normalized spacial score (nSPS) is 17.4. The molecule has 0 spiro atoms. The highest BCUT2D eigenvalue weighted by atomic mass is 16.5. The van der Waals surface area contributed by atoms with Gasteiger partial charge in [-0.05, 0) is 44.9 Å². The standard InChI is InChI=1S/C19H29N3O3/c1-4-16-9-5-6-11-22(16)19(24)14-21(2)13-18(23)20-15-8-7-10-17(12-15)25-3/h7-8,10,12,16H,4-6,9,11,13-14H2,1-3H3,(H,20,23)/t16-/m0/s1. The van der Waals surface area contributed by atoms with Crippen LogP contribution >= 0.6 is 0 Å². The topological polar surface area (TPSA) is 61.9 Å². The van der Waals surface area contributed by atoms with E-state index < -0.39 is 0 Å². The fourth-order valence-corrected chi connectivity index (χ4v) is 3.28. The largest absolute Gasteiger partial charge is 0.497 e. The number of benzene rings is 1. The highest BCUT2D eigenvalue weighted by Crippen LogP contribution is 2.20. The van der Waals surface area contributed by atoms with E-state index in [0.29, 0.717) is 17.5 Å². The number of methoxy groups -OCH3 is 1. The summed E-state index contributed by atoms with van der Waals surface area (Å²) in [6, 6.07) is 7.57. The number of carbonyl (C=O) groups is 2. The van der Waals surface area contributed by atoms with Crippen LogP contribution in [0, 0.1) is 0 Å². The molecule has 0 aliphatic carbocycles. The van der Waals surface area contributed by atoms with Crippen molar-refractivity contribution in [2.45, 2.75) is 38.6 Å². The lowest BCUT2D eigenvalue weighted by Crippen LogP contribution is -2.48. The van der Waals surface area contributed by atoms with Gasteiger partial charge in [0.2, 0.25) is 11.8 Å². The molecular weight excluding hydrogens is 318 g/mol. The fraction of sp³-hybridized carbons (Fsp3) is 0.579. The van der Waals surface area contributed by atoms with Crippen LogP contribution in [0.2, 0.25) is 0 Å². The van der Waals surface area contributed by atoms with E-state index in [1.54, 1.807) is 25.1 Å². The molecule has 1 aromatic rings. The first-order valence-electron chi connectivity index (χ1n) is 8.95. The van der Waals surface area contributed by atoms with Gasteiger partial charge in [-0.25, -0.2) is 0 Å². The second-order valence-corrected chi connectivity index (χ2v) is 6.60. The Morgan fingerprint density at radius 2 is 2.12 bits per heavy atom. The van der Waals surface area contributed by atoms with Gasteiger partial charge in [-0.1, -0.05) is 13.0 Å². The van der Waals surface area contributed by atoms with E-state index in [1.807, 2.05) is 23.1 Å². The number of hydrogen-bond acceptors (Lipinski definition) is 4. The number of hydrogen-bond donors (Lipinski definition) is 1. The third kappa shape index (κ3) is 5.74. The third-order valence-electron chi connectivity index (χ3n) is 4.59. The van der Waals surface area contributed by atoms with Crippen molar-refractivity contribution in [2.24, 2.45) is 0 Å². The lowest BCUT2D eigenvalue weighted by Gasteiger charge is -2.36. The molecule has 1 aliphatic rings. The highest BCUT2D eigenvalue weighted by molar-refractivity contribution is 5.92. The molecule has 2 amide bonds. The quantitative estimate of drug-likeness (QED) is 0.822. The van der Waals surface area contributed by atoms with E-state index in [0.717, 1.165) is 25.8 Å². The van der Waals surface area contributed by atoms with Gasteiger partial charge in [0.05, 0.1) is 20.2 Å². The van der Waals surface area contributed by atoms with Gasteiger partial charge < -0.3 is 15.0 Å². The van der Waals surface area contributed by atoms with Crippen molar-refractivity contribution in [1.29, 1.82) is 0 Å². The molecule has 1 fully saturated rings. The molecule has 1 saturated heterocycles. The van der Waals surface area contributed by atoms with Gasteiger partial charge >= 0.3 is 0 Å². The van der Waals surface area contributed by atoms with Crippen LogP contribution in [0.4, 0.5) is 5.69 Å². The minimum Gasteiger partial charge on any atom is -0.497 e. The number of amides is 2. The van der Waals surface area contributed by atoms with Crippen molar-refractivity contribution in [2.75, 3.05) is 39.1 Å². The van der Waals surface area contributed by atoms with Crippen LogP contribution in [0.15, 0.2) is 24.3 Å². The summed E-state index contributed by atoms with van der Waals surface area (Å²) in [6.07, 6.45) is 4.34. The smallest absolute Gasteiger partial charge is 0.238 e. The molecule has 6 nitrogen and oxygen atoms in total. The van der Waals surface area contributed by atoms with Crippen molar-refractivity contribution in [3.63, 3.8) is 0 Å². The molecule has 0 saturated carbocycles. The van der Waals surface area contributed by atoms with Crippen LogP contribution in [-0.4, -0.2) is 61.4 Å². The zero-order chi connectivity index (χ0) is 18.2. The van der Waals surface area contributed by atoms with Crippen molar-refractivity contribution in [1.82, 2.24) is 9.80 Å². The Morgan fingerprint density at radius 1 is 1.32 bits per heavy atom. The molecule has 1 N–H and O–H groups in total. The average molecular weight is 347 g/mol. The van der Waals surface area contributed by atoms with Gasteiger partial charge in [0.1, 0.15) is 5.75 Å². The predicted molar refractivity (Wildman–Crippen MR) is 98.8 cm³/mol. The van der Waals surface area contributed by atoms with Gasteiger partial charge in [-0.3, -0.25) is 14.5 Å². The van der Waals surface area contributed by atoms with Crippen LogP contribution in [0.25, 0.3) is 0 Å². The number of anilines is 1. The summed E-state index contributed by atoms with van der Waals surface area (Å²) in [7, 11) is 3.39. The molecule has 1 atom stereocenters. The lowest BCUT2D eigenvalue weighted by atomic mass is 10.00. The van der Waals surface area contributed by atoms with E-state index in [9.17, 15) is 9.59 Å².